The highest BCUT2D eigenvalue weighted by atomic mass is 16.3. The van der Waals surface area contributed by atoms with Gasteiger partial charge in [0.25, 0.3) is 5.91 Å². The molecule has 1 aliphatic heterocycles. The van der Waals surface area contributed by atoms with Gasteiger partial charge in [-0.15, -0.1) is 0 Å². The first kappa shape index (κ1) is 15.3. The van der Waals surface area contributed by atoms with Crippen molar-refractivity contribution in [2.75, 3.05) is 13.1 Å². The van der Waals surface area contributed by atoms with Crippen LogP contribution in [0.4, 0.5) is 0 Å². The van der Waals surface area contributed by atoms with E-state index in [0.717, 1.165) is 0 Å². The molecule has 0 saturated carbocycles. The second-order valence-electron chi connectivity index (χ2n) is 5.06. The maximum atomic E-state index is 12.2. The van der Waals surface area contributed by atoms with Crippen molar-refractivity contribution in [2.24, 2.45) is 5.11 Å². The Kier molecular flexibility index (Phi) is 5.16. The second kappa shape index (κ2) is 7.08. The summed E-state index contributed by atoms with van der Waals surface area (Å²) < 4.78 is 0. The summed E-state index contributed by atoms with van der Waals surface area (Å²) in [6.45, 7) is 0.835. The van der Waals surface area contributed by atoms with E-state index in [-0.39, 0.29) is 6.04 Å². The minimum atomic E-state index is -1.48. The van der Waals surface area contributed by atoms with Gasteiger partial charge in [0.05, 0.1) is 0 Å². The van der Waals surface area contributed by atoms with E-state index in [1.54, 1.807) is 30.3 Å². The van der Waals surface area contributed by atoms with Gasteiger partial charge in [-0.05, 0) is 23.9 Å². The molecule has 112 valence electrons. The number of nitrogens with zero attached hydrogens (tertiary/aromatic N) is 4. The normalized spacial score (nSPS) is 18.7. The Morgan fingerprint density at radius 2 is 1.90 bits per heavy atom. The second-order valence-corrected chi connectivity index (χ2v) is 5.06. The van der Waals surface area contributed by atoms with Crippen LogP contribution in [-0.2, 0) is 4.79 Å². The molecule has 0 spiro atoms. The maximum Gasteiger partial charge on any atom is 0.254 e. The molecule has 7 nitrogen and oxygen atoms in total. The van der Waals surface area contributed by atoms with Crippen LogP contribution in [0.2, 0.25) is 0 Å². The molecular formula is C14H18N4O3. The number of carbonyl (C=O) groups is 1. The summed E-state index contributed by atoms with van der Waals surface area (Å²) in [6.07, 6.45) is -1.58. The number of aliphatic hydroxyl groups is 2. The molecule has 2 N–H and O–H groups in total. The Morgan fingerprint density at radius 1 is 1.29 bits per heavy atom. The number of hydrogen-bond donors (Lipinski definition) is 2. The fourth-order valence-corrected chi connectivity index (χ4v) is 2.43. The van der Waals surface area contributed by atoms with Crippen LogP contribution in [0.5, 0.6) is 0 Å². The van der Waals surface area contributed by atoms with Gasteiger partial charge in [-0.3, -0.25) is 4.79 Å². The molecule has 0 unspecified atom stereocenters. The molecule has 1 aliphatic rings. The van der Waals surface area contributed by atoms with Crippen molar-refractivity contribution in [3.63, 3.8) is 0 Å². The van der Waals surface area contributed by atoms with Gasteiger partial charge in [0.15, 0.2) is 6.10 Å². The van der Waals surface area contributed by atoms with E-state index in [1.807, 2.05) is 0 Å². The van der Waals surface area contributed by atoms with Crippen molar-refractivity contribution in [3.8, 4) is 0 Å². The summed E-state index contributed by atoms with van der Waals surface area (Å²) in [7, 11) is 0. The Morgan fingerprint density at radius 3 is 2.48 bits per heavy atom. The van der Waals surface area contributed by atoms with Crippen molar-refractivity contribution in [2.45, 2.75) is 31.1 Å². The lowest BCUT2D eigenvalue weighted by atomic mass is 10.0. The first-order chi connectivity index (χ1) is 10.1. The molecule has 1 amide bonds. The van der Waals surface area contributed by atoms with E-state index in [0.29, 0.717) is 31.5 Å². The molecule has 1 aromatic rings. The van der Waals surface area contributed by atoms with E-state index in [1.165, 1.54) is 4.90 Å². The van der Waals surface area contributed by atoms with Gasteiger partial charge in [0.2, 0.25) is 0 Å². The SMILES string of the molecule is [N-]=[N+]=NC1CCN(C(=O)[C@H](O)[C@@H](O)c2ccccc2)CC1. The van der Waals surface area contributed by atoms with Crippen LogP contribution < -0.4 is 0 Å². The summed E-state index contributed by atoms with van der Waals surface area (Å²) in [6, 6.07) is 8.49. The predicted molar refractivity (Wildman–Crippen MR) is 76.2 cm³/mol. The van der Waals surface area contributed by atoms with Crippen LogP contribution in [0, 0.1) is 0 Å². The number of likely N-dealkylation sites (tertiary alicyclic amines) is 1. The quantitative estimate of drug-likeness (QED) is 0.496. The molecule has 1 fully saturated rings. The lowest BCUT2D eigenvalue weighted by Crippen LogP contribution is -2.46. The predicted octanol–water partition coefficient (Wildman–Crippen LogP) is 1.38. The summed E-state index contributed by atoms with van der Waals surface area (Å²) in [5.41, 5.74) is 8.89. The van der Waals surface area contributed by atoms with Crippen molar-refractivity contribution >= 4 is 5.91 Å². The minimum Gasteiger partial charge on any atom is -0.385 e. The third-order valence-electron chi connectivity index (χ3n) is 3.68. The number of benzene rings is 1. The number of amides is 1. The lowest BCUT2D eigenvalue weighted by molar-refractivity contribution is -0.147. The lowest BCUT2D eigenvalue weighted by Gasteiger charge is -2.32. The van der Waals surface area contributed by atoms with Gasteiger partial charge < -0.3 is 15.1 Å². The fraction of sp³-hybridized carbons (Fsp3) is 0.500. The summed E-state index contributed by atoms with van der Waals surface area (Å²) in [5.74, 6) is -0.495. The highest BCUT2D eigenvalue weighted by Gasteiger charge is 2.31. The first-order valence-electron chi connectivity index (χ1n) is 6.87. The number of carbonyl (C=O) groups excluding carboxylic acids is 1. The monoisotopic (exact) mass is 290 g/mol. The topological polar surface area (TPSA) is 110 Å². The van der Waals surface area contributed by atoms with Crippen LogP contribution in [-0.4, -0.2) is 46.3 Å². The van der Waals surface area contributed by atoms with Gasteiger partial charge >= 0.3 is 0 Å². The van der Waals surface area contributed by atoms with Gasteiger partial charge in [0.1, 0.15) is 6.10 Å². The number of aliphatic hydroxyl groups excluding tert-OH is 2. The molecule has 0 aliphatic carbocycles. The third-order valence-corrected chi connectivity index (χ3v) is 3.68. The maximum absolute atomic E-state index is 12.2. The van der Waals surface area contributed by atoms with Crippen LogP contribution in [0.3, 0.4) is 0 Å². The third kappa shape index (κ3) is 3.72. The van der Waals surface area contributed by atoms with Gasteiger partial charge in [0, 0.05) is 24.0 Å². The molecule has 2 rings (SSSR count). The van der Waals surface area contributed by atoms with Crippen LogP contribution in [0.1, 0.15) is 24.5 Å². The first-order valence-corrected chi connectivity index (χ1v) is 6.87. The van der Waals surface area contributed by atoms with E-state index in [9.17, 15) is 15.0 Å². The Balaban J connectivity index is 1.95. The van der Waals surface area contributed by atoms with Crippen molar-refractivity contribution in [1.29, 1.82) is 0 Å². The zero-order valence-corrected chi connectivity index (χ0v) is 11.5. The van der Waals surface area contributed by atoms with E-state index in [4.69, 9.17) is 5.53 Å². The van der Waals surface area contributed by atoms with Crippen LogP contribution in [0.15, 0.2) is 35.4 Å². The highest BCUT2D eigenvalue weighted by molar-refractivity contribution is 5.81. The Hall–Kier alpha value is -2.08. The molecule has 1 heterocycles. The number of azide groups is 1. The number of hydrogen-bond acceptors (Lipinski definition) is 4. The van der Waals surface area contributed by atoms with E-state index >= 15 is 0 Å². The minimum absolute atomic E-state index is 0.102. The Labute approximate surface area is 122 Å². The molecule has 1 saturated heterocycles. The molecule has 21 heavy (non-hydrogen) atoms. The molecule has 2 atom stereocenters. The molecule has 7 heteroatoms. The molecule has 0 radical (unpaired) electrons. The standard InChI is InChI=1S/C14H18N4O3/c15-17-16-11-6-8-18(9-7-11)14(21)13(20)12(19)10-4-2-1-3-5-10/h1-5,11-13,19-20H,6-9H2/t12-,13+/m0/s1. The van der Waals surface area contributed by atoms with Crippen LogP contribution in [0.25, 0.3) is 10.4 Å². The van der Waals surface area contributed by atoms with Crippen molar-refractivity contribution in [3.05, 3.63) is 46.3 Å². The summed E-state index contributed by atoms with van der Waals surface area (Å²) in [5, 5.41) is 23.7. The van der Waals surface area contributed by atoms with Gasteiger partial charge in [-0.1, -0.05) is 35.4 Å². The average molecular weight is 290 g/mol. The van der Waals surface area contributed by atoms with Gasteiger partial charge in [-0.2, -0.15) is 0 Å². The highest BCUT2D eigenvalue weighted by Crippen LogP contribution is 2.20. The zero-order valence-electron chi connectivity index (χ0n) is 11.5. The van der Waals surface area contributed by atoms with E-state index in [2.05, 4.69) is 10.0 Å². The zero-order chi connectivity index (χ0) is 15.2. The number of piperidine rings is 1. The molecule has 0 aromatic heterocycles. The van der Waals surface area contributed by atoms with E-state index < -0.39 is 18.1 Å². The molecule has 0 bridgehead atoms. The average Bonchev–Trinajstić information content (AvgIpc) is 2.54. The molecule has 1 aromatic carbocycles. The molecular weight excluding hydrogens is 272 g/mol. The Bertz CT molecular complexity index is 522. The largest absolute Gasteiger partial charge is 0.385 e. The van der Waals surface area contributed by atoms with Gasteiger partial charge in [-0.25, -0.2) is 0 Å². The number of rotatable bonds is 4. The summed E-state index contributed by atoms with van der Waals surface area (Å²) in [4.78, 5) is 16.5. The van der Waals surface area contributed by atoms with Crippen LogP contribution >= 0.6 is 0 Å². The van der Waals surface area contributed by atoms with Crippen molar-refractivity contribution < 1.29 is 15.0 Å². The summed E-state index contributed by atoms with van der Waals surface area (Å²) >= 11 is 0. The van der Waals surface area contributed by atoms with Crippen molar-refractivity contribution in [1.82, 2.24) is 4.90 Å². The fourth-order valence-electron chi connectivity index (χ4n) is 2.43. The smallest absolute Gasteiger partial charge is 0.254 e.